The van der Waals surface area contributed by atoms with Gasteiger partial charge in [0.1, 0.15) is 5.82 Å². The number of halogens is 1. The highest BCUT2D eigenvalue weighted by molar-refractivity contribution is 6.01. The Hall–Kier alpha value is -3.81. The van der Waals surface area contributed by atoms with Crippen molar-refractivity contribution in [2.24, 2.45) is 0 Å². The van der Waals surface area contributed by atoms with Crippen molar-refractivity contribution in [2.45, 2.75) is 31.6 Å². The predicted molar refractivity (Wildman–Crippen MR) is 116 cm³/mol. The summed E-state index contributed by atoms with van der Waals surface area (Å²) in [5.41, 5.74) is 2.38. The van der Waals surface area contributed by atoms with Crippen LogP contribution in [-0.4, -0.2) is 56.2 Å². The first kappa shape index (κ1) is 21.1. The number of nitrogens with one attached hydrogen (secondary N) is 1. The van der Waals surface area contributed by atoms with Crippen LogP contribution >= 0.6 is 0 Å². The lowest BCUT2D eigenvalue weighted by molar-refractivity contribution is 0.0249. The van der Waals surface area contributed by atoms with Crippen LogP contribution in [0, 0.1) is 17.1 Å². The maximum atomic E-state index is 14.7. The Morgan fingerprint density at radius 3 is 2.91 bits per heavy atom. The van der Waals surface area contributed by atoms with Crippen molar-refractivity contribution >= 4 is 11.6 Å². The standard InChI is InChI=1S/C23H21FN6O3/c24-15-4-1-3-13(8-25)21(15)16-7-18(22-17(28-16)10-26-23(22)33)30-11-14(9-27-30)29-6-2-5-19(31)20(32)12-29/h1,3-4,7,9,11,19-20,31-32H,2,5-6,10,12H2,(H,26,33)/t19-,20+/m0/s1. The maximum Gasteiger partial charge on any atom is 0.255 e. The van der Waals surface area contributed by atoms with E-state index in [0.29, 0.717) is 36.3 Å². The molecule has 5 rings (SSSR count). The third-order valence-corrected chi connectivity index (χ3v) is 6.07. The number of anilines is 1. The maximum absolute atomic E-state index is 14.7. The molecule has 0 unspecified atom stereocenters. The van der Waals surface area contributed by atoms with Gasteiger partial charge >= 0.3 is 0 Å². The molecule has 0 spiro atoms. The Kier molecular flexibility index (Phi) is 5.28. The lowest BCUT2D eigenvalue weighted by Gasteiger charge is -2.23. The molecule has 168 valence electrons. The summed E-state index contributed by atoms with van der Waals surface area (Å²) < 4.78 is 16.2. The van der Waals surface area contributed by atoms with Crippen molar-refractivity contribution in [3.05, 3.63) is 59.3 Å². The average Bonchev–Trinajstić information content (AvgIpc) is 3.40. The summed E-state index contributed by atoms with van der Waals surface area (Å²) in [7, 11) is 0. The smallest absolute Gasteiger partial charge is 0.255 e. The molecule has 1 amide bonds. The van der Waals surface area contributed by atoms with Gasteiger partial charge < -0.3 is 20.4 Å². The number of fused-ring (bicyclic) bond motifs is 1. The molecule has 9 nitrogen and oxygen atoms in total. The predicted octanol–water partition coefficient (Wildman–Crippen LogP) is 1.51. The van der Waals surface area contributed by atoms with Crippen molar-refractivity contribution < 1.29 is 19.4 Å². The number of β-amino-alcohol motifs (C(OH)–C–C–N with tert-alkyl or cyclic N) is 1. The second-order valence-corrected chi connectivity index (χ2v) is 8.17. The minimum atomic E-state index is -0.871. The molecule has 2 aromatic heterocycles. The molecule has 1 aromatic carbocycles. The molecule has 2 atom stereocenters. The van der Waals surface area contributed by atoms with Gasteiger partial charge in [0.2, 0.25) is 0 Å². The highest BCUT2D eigenvalue weighted by atomic mass is 19.1. The number of benzene rings is 1. The van der Waals surface area contributed by atoms with Crippen LogP contribution in [0.3, 0.4) is 0 Å². The van der Waals surface area contributed by atoms with Crippen molar-refractivity contribution in [2.75, 3.05) is 18.0 Å². The van der Waals surface area contributed by atoms with E-state index >= 15 is 0 Å². The second-order valence-electron chi connectivity index (χ2n) is 8.17. The first-order chi connectivity index (χ1) is 16.0. The molecule has 2 aliphatic heterocycles. The summed E-state index contributed by atoms with van der Waals surface area (Å²) >= 11 is 0. The van der Waals surface area contributed by atoms with Gasteiger partial charge in [-0.25, -0.2) is 14.1 Å². The molecule has 4 heterocycles. The third kappa shape index (κ3) is 3.71. The zero-order valence-electron chi connectivity index (χ0n) is 17.6. The lowest BCUT2D eigenvalue weighted by Crippen LogP contribution is -2.35. The van der Waals surface area contributed by atoms with Crippen LogP contribution in [0.4, 0.5) is 10.1 Å². The Bertz CT molecular complexity index is 1280. The molecule has 10 heteroatoms. The molecule has 2 aliphatic rings. The molecule has 1 saturated heterocycles. The average molecular weight is 448 g/mol. The van der Waals surface area contributed by atoms with Gasteiger partial charge in [-0.15, -0.1) is 0 Å². The van der Waals surface area contributed by atoms with Crippen molar-refractivity contribution in [3.8, 4) is 23.0 Å². The Balaban J connectivity index is 1.60. The molecule has 0 aliphatic carbocycles. The number of aliphatic hydroxyl groups excluding tert-OH is 2. The molecule has 0 bridgehead atoms. The van der Waals surface area contributed by atoms with Crippen LogP contribution < -0.4 is 10.2 Å². The number of rotatable bonds is 3. The van der Waals surface area contributed by atoms with Crippen molar-refractivity contribution in [1.82, 2.24) is 20.1 Å². The largest absolute Gasteiger partial charge is 0.390 e. The summed E-state index contributed by atoms with van der Waals surface area (Å²) in [4.78, 5) is 18.9. The van der Waals surface area contributed by atoms with Gasteiger partial charge in [-0.3, -0.25) is 4.79 Å². The molecule has 33 heavy (non-hydrogen) atoms. The molecular formula is C23H21FN6O3. The monoisotopic (exact) mass is 448 g/mol. The van der Waals surface area contributed by atoms with Gasteiger partial charge in [-0.2, -0.15) is 10.4 Å². The first-order valence-electron chi connectivity index (χ1n) is 10.6. The zero-order valence-corrected chi connectivity index (χ0v) is 17.6. The highest BCUT2D eigenvalue weighted by Crippen LogP contribution is 2.32. The van der Waals surface area contributed by atoms with Crippen LogP contribution in [0.1, 0.15) is 34.5 Å². The molecule has 1 fully saturated rings. The normalized spacial score (nSPS) is 20.2. The van der Waals surface area contributed by atoms with E-state index in [2.05, 4.69) is 15.4 Å². The Morgan fingerprint density at radius 2 is 2.09 bits per heavy atom. The van der Waals surface area contributed by atoms with E-state index < -0.39 is 18.0 Å². The fourth-order valence-electron chi connectivity index (χ4n) is 4.36. The summed E-state index contributed by atoms with van der Waals surface area (Å²) in [5, 5.41) is 36.7. The number of nitrogens with zero attached hydrogens (tertiary/aromatic N) is 5. The molecule has 0 radical (unpaired) electrons. The van der Waals surface area contributed by atoms with Gasteiger partial charge in [-0.1, -0.05) is 6.07 Å². The zero-order chi connectivity index (χ0) is 23.1. The quantitative estimate of drug-likeness (QED) is 0.554. The summed E-state index contributed by atoms with van der Waals surface area (Å²) in [6.45, 7) is 1.09. The number of amides is 1. The van der Waals surface area contributed by atoms with E-state index in [1.807, 2.05) is 11.0 Å². The highest BCUT2D eigenvalue weighted by Gasteiger charge is 2.29. The minimum absolute atomic E-state index is 0.0698. The van der Waals surface area contributed by atoms with E-state index in [1.54, 1.807) is 18.5 Å². The molecule has 3 aromatic rings. The Labute approximate surface area is 188 Å². The Morgan fingerprint density at radius 1 is 1.24 bits per heavy atom. The number of hydrogen-bond acceptors (Lipinski definition) is 7. The van der Waals surface area contributed by atoms with Gasteiger partial charge in [0.25, 0.3) is 5.91 Å². The molecule has 3 N–H and O–H groups in total. The minimum Gasteiger partial charge on any atom is -0.390 e. The number of aliphatic hydroxyl groups is 2. The topological polar surface area (TPSA) is 127 Å². The van der Waals surface area contributed by atoms with Crippen LogP contribution in [0.15, 0.2) is 36.7 Å². The van der Waals surface area contributed by atoms with E-state index in [9.17, 15) is 24.7 Å². The number of carbonyl (C=O) groups excluding carboxylic acids is 1. The van der Waals surface area contributed by atoms with Crippen LogP contribution in [0.5, 0.6) is 0 Å². The van der Waals surface area contributed by atoms with Gasteiger partial charge in [0.05, 0.1) is 76.7 Å². The van der Waals surface area contributed by atoms with E-state index in [1.165, 1.54) is 22.9 Å². The van der Waals surface area contributed by atoms with Crippen LogP contribution in [-0.2, 0) is 6.54 Å². The third-order valence-electron chi connectivity index (χ3n) is 6.07. The van der Waals surface area contributed by atoms with Crippen molar-refractivity contribution in [3.63, 3.8) is 0 Å². The summed E-state index contributed by atoms with van der Waals surface area (Å²) in [6, 6.07) is 7.79. The number of carbonyl (C=O) groups is 1. The number of hydrogen-bond donors (Lipinski definition) is 3. The fourth-order valence-corrected chi connectivity index (χ4v) is 4.36. The van der Waals surface area contributed by atoms with E-state index in [0.717, 1.165) is 5.69 Å². The number of pyridine rings is 1. The van der Waals surface area contributed by atoms with Crippen LogP contribution in [0.25, 0.3) is 16.9 Å². The summed E-state index contributed by atoms with van der Waals surface area (Å²) in [6.07, 6.45) is 2.93. The number of aromatic nitrogens is 3. The number of nitriles is 1. The van der Waals surface area contributed by atoms with Crippen molar-refractivity contribution in [1.29, 1.82) is 5.26 Å². The molecule has 0 saturated carbocycles. The first-order valence-corrected chi connectivity index (χ1v) is 10.6. The second kappa shape index (κ2) is 8.27. The lowest BCUT2D eigenvalue weighted by atomic mass is 10.0. The van der Waals surface area contributed by atoms with Gasteiger partial charge in [0, 0.05) is 13.1 Å². The summed E-state index contributed by atoms with van der Waals surface area (Å²) in [5.74, 6) is -0.888. The van der Waals surface area contributed by atoms with E-state index in [4.69, 9.17) is 0 Å². The molecular weight excluding hydrogens is 427 g/mol. The van der Waals surface area contributed by atoms with Gasteiger partial charge in [0.15, 0.2) is 0 Å². The fraction of sp³-hybridized carbons (Fsp3) is 0.304. The van der Waals surface area contributed by atoms with Crippen LogP contribution in [0.2, 0.25) is 0 Å². The SMILES string of the molecule is N#Cc1cccc(F)c1-c1cc(-n2cc(N3CCC[C@H](O)[C@H](O)C3)cn2)c2c(n1)CNC2=O. The van der Waals surface area contributed by atoms with E-state index in [-0.39, 0.29) is 35.8 Å². The van der Waals surface area contributed by atoms with Gasteiger partial charge in [-0.05, 0) is 31.0 Å².